The van der Waals surface area contributed by atoms with Crippen LogP contribution < -0.4 is 15.8 Å². The van der Waals surface area contributed by atoms with Gasteiger partial charge in [0.15, 0.2) is 0 Å². The van der Waals surface area contributed by atoms with Crippen LogP contribution >= 0.6 is 23.2 Å². The fraction of sp³-hybridized carbons (Fsp3) is 0.571. The molecular formula is C14H19Cl2N3O2. The van der Waals surface area contributed by atoms with Crippen LogP contribution in [0.1, 0.15) is 32.1 Å². The molecule has 1 aliphatic rings. The lowest BCUT2D eigenvalue weighted by molar-refractivity contribution is -0.127. The van der Waals surface area contributed by atoms with Gasteiger partial charge in [0.2, 0.25) is 11.8 Å². The summed E-state index contributed by atoms with van der Waals surface area (Å²) in [5.41, 5.74) is 5.41. The Bertz CT molecular complexity index is 505. The average molecular weight is 332 g/mol. The lowest BCUT2D eigenvalue weighted by atomic mass is 9.82. The van der Waals surface area contributed by atoms with Gasteiger partial charge in [-0.1, -0.05) is 42.5 Å². The van der Waals surface area contributed by atoms with Crippen LogP contribution in [0.15, 0.2) is 12.3 Å². The predicted octanol–water partition coefficient (Wildman–Crippen LogP) is 2.54. The zero-order valence-electron chi connectivity index (χ0n) is 11.7. The Morgan fingerprint density at radius 3 is 2.76 bits per heavy atom. The van der Waals surface area contributed by atoms with E-state index in [0.717, 1.165) is 32.1 Å². The average Bonchev–Trinajstić information content (AvgIpc) is 2.46. The lowest BCUT2D eigenvalue weighted by Gasteiger charge is -2.31. The van der Waals surface area contributed by atoms with Gasteiger partial charge in [0.05, 0.1) is 17.1 Å². The van der Waals surface area contributed by atoms with Crippen molar-refractivity contribution in [1.29, 1.82) is 0 Å². The number of pyridine rings is 1. The fourth-order valence-electron chi connectivity index (χ4n) is 2.41. The second-order valence-corrected chi connectivity index (χ2v) is 6.11. The summed E-state index contributed by atoms with van der Waals surface area (Å²) in [5, 5.41) is 3.60. The summed E-state index contributed by atoms with van der Waals surface area (Å²) in [7, 11) is 0. The van der Waals surface area contributed by atoms with E-state index in [9.17, 15) is 4.79 Å². The molecular weight excluding hydrogens is 313 g/mol. The van der Waals surface area contributed by atoms with Crippen LogP contribution in [-0.4, -0.2) is 29.6 Å². The first kappa shape index (κ1) is 16.3. The summed E-state index contributed by atoms with van der Waals surface area (Å²) in [5.74, 6) is 0.191. The molecule has 7 heteroatoms. The summed E-state index contributed by atoms with van der Waals surface area (Å²) in [6.45, 7) is 0.634. The molecule has 0 aliphatic heterocycles. The van der Waals surface area contributed by atoms with Gasteiger partial charge in [0, 0.05) is 6.20 Å². The number of carbonyl (C=O) groups excluding carboxylic acids is 1. The number of amides is 1. The number of hydrogen-bond acceptors (Lipinski definition) is 4. The highest BCUT2D eigenvalue weighted by Gasteiger charge is 2.34. The minimum Gasteiger partial charge on any atom is -0.475 e. The van der Waals surface area contributed by atoms with Crippen LogP contribution in [-0.2, 0) is 4.79 Å². The van der Waals surface area contributed by atoms with Crippen molar-refractivity contribution in [3.8, 4) is 5.88 Å². The third-order valence-corrected chi connectivity index (χ3v) is 4.08. The van der Waals surface area contributed by atoms with Crippen molar-refractivity contribution >= 4 is 29.1 Å². The molecule has 21 heavy (non-hydrogen) atoms. The molecule has 2 rings (SSSR count). The fourth-order valence-corrected chi connectivity index (χ4v) is 2.84. The number of ether oxygens (including phenoxy) is 1. The first-order chi connectivity index (χ1) is 10.0. The molecule has 0 unspecified atom stereocenters. The van der Waals surface area contributed by atoms with Crippen LogP contribution in [0, 0.1) is 0 Å². The van der Waals surface area contributed by atoms with Crippen molar-refractivity contribution in [2.75, 3.05) is 13.2 Å². The summed E-state index contributed by atoms with van der Waals surface area (Å²) in [6, 6.07) is 1.56. The number of hydrogen-bond donors (Lipinski definition) is 2. The zero-order valence-corrected chi connectivity index (χ0v) is 13.2. The molecule has 3 N–H and O–H groups in total. The van der Waals surface area contributed by atoms with Gasteiger partial charge in [-0.15, -0.1) is 0 Å². The van der Waals surface area contributed by atoms with Gasteiger partial charge in [-0.3, -0.25) is 4.79 Å². The number of nitrogens with two attached hydrogens (primary N) is 1. The largest absolute Gasteiger partial charge is 0.475 e. The minimum atomic E-state index is -0.728. The molecule has 0 bridgehead atoms. The van der Waals surface area contributed by atoms with Gasteiger partial charge < -0.3 is 15.8 Å². The van der Waals surface area contributed by atoms with Crippen molar-refractivity contribution in [1.82, 2.24) is 10.3 Å². The maximum absolute atomic E-state index is 12.1. The Morgan fingerprint density at radius 2 is 2.10 bits per heavy atom. The van der Waals surface area contributed by atoms with Crippen molar-refractivity contribution in [2.24, 2.45) is 5.73 Å². The number of nitrogens with zero attached hydrogens (tertiary/aromatic N) is 1. The topological polar surface area (TPSA) is 77.2 Å². The molecule has 1 saturated carbocycles. The molecule has 1 fully saturated rings. The van der Waals surface area contributed by atoms with E-state index in [-0.39, 0.29) is 12.5 Å². The number of rotatable bonds is 5. The van der Waals surface area contributed by atoms with Crippen molar-refractivity contribution in [3.63, 3.8) is 0 Å². The molecule has 0 atom stereocenters. The monoisotopic (exact) mass is 331 g/mol. The van der Waals surface area contributed by atoms with Crippen LogP contribution in [0.4, 0.5) is 0 Å². The Morgan fingerprint density at radius 1 is 1.38 bits per heavy atom. The molecule has 0 aromatic carbocycles. The van der Waals surface area contributed by atoms with Crippen molar-refractivity contribution < 1.29 is 9.53 Å². The van der Waals surface area contributed by atoms with Gasteiger partial charge in [-0.2, -0.15) is 0 Å². The van der Waals surface area contributed by atoms with E-state index in [1.165, 1.54) is 6.20 Å². The highest BCUT2D eigenvalue weighted by atomic mass is 35.5. The quantitative estimate of drug-likeness (QED) is 0.813. The normalized spacial score (nSPS) is 17.3. The smallest absolute Gasteiger partial charge is 0.240 e. The van der Waals surface area contributed by atoms with E-state index in [1.807, 2.05) is 0 Å². The number of aromatic nitrogens is 1. The van der Waals surface area contributed by atoms with E-state index in [1.54, 1.807) is 6.07 Å². The zero-order chi connectivity index (χ0) is 15.3. The van der Waals surface area contributed by atoms with Crippen LogP contribution in [0.25, 0.3) is 0 Å². The second-order valence-electron chi connectivity index (χ2n) is 5.26. The molecule has 1 aromatic rings. The van der Waals surface area contributed by atoms with E-state index in [2.05, 4.69) is 10.3 Å². The predicted molar refractivity (Wildman–Crippen MR) is 82.8 cm³/mol. The number of nitrogens with one attached hydrogen (secondary N) is 1. The maximum atomic E-state index is 12.1. The van der Waals surface area contributed by atoms with Crippen LogP contribution in [0.5, 0.6) is 5.88 Å². The first-order valence-corrected chi connectivity index (χ1v) is 7.78. The van der Waals surface area contributed by atoms with Gasteiger partial charge in [-0.05, 0) is 18.9 Å². The highest BCUT2D eigenvalue weighted by molar-refractivity contribution is 6.35. The Balaban J connectivity index is 1.75. The summed E-state index contributed by atoms with van der Waals surface area (Å²) < 4.78 is 5.41. The third kappa shape index (κ3) is 4.46. The molecule has 0 radical (unpaired) electrons. The van der Waals surface area contributed by atoms with Crippen molar-refractivity contribution in [3.05, 3.63) is 22.3 Å². The van der Waals surface area contributed by atoms with Crippen LogP contribution in [0.3, 0.4) is 0 Å². The molecule has 0 spiro atoms. The summed E-state index contributed by atoms with van der Waals surface area (Å²) >= 11 is 11.7. The van der Waals surface area contributed by atoms with Gasteiger partial charge in [-0.25, -0.2) is 4.98 Å². The Kier molecular flexibility index (Phi) is 5.67. The second kappa shape index (κ2) is 7.29. The maximum Gasteiger partial charge on any atom is 0.240 e. The third-order valence-electron chi connectivity index (χ3n) is 3.60. The summed E-state index contributed by atoms with van der Waals surface area (Å²) in [6.07, 6.45) is 6.10. The first-order valence-electron chi connectivity index (χ1n) is 7.02. The van der Waals surface area contributed by atoms with E-state index in [0.29, 0.717) is 22.5 Å². The standard InChI is InChI=1S/C14H19Cl2N3O2/c15-10-8-11(16)12(19-9-10)21-7-6-18-13(20)14(17)4-2-1-3-5-14/h8-9H,1-7,17H2,(H,18,20). The Labute approximate surface area is 134 Å². The van der Waals surface area contributed by atoms with Gasteiger partial charge >= 0.3 is 0 Å². The SMILES string of the molecule is NC1(C(=O)NCCOc2ncc(Cl)cc2Cl)CCCCC1. The van der Waals surface area contributed by atoms with E-state index < -0.39 is 5.54 Å². The van der Waals surface area contributed by atoms with E-state index >= 15 is 0 Å². The molecule has 1 aromatic heterocycles. The molecule has 1 heterocycles. The molecule has 0 saturated heterocycles. The molecule has 1 amide bonds. The molecule has 116 valence electrons. The Hall–Kier alpha value is -1.04. The summed E-state index contributed by atoms with van der Waals surface area (Å²) in [4.78, 5) is 16.1. The number of carbonyl (C=O) groups is 1. The molecule has 5 nitrogen and oxygen atoms in total. The van der Waals surface area contributed by atoms with E-state index in [4.69, 9.17) is 33.7 Å². The van der Waals surface area contributed by atoms with Crippen molar-refractivity contribution in [2.45, 2.75) is 37.6 Å². The lowest BCUT2D eigenvalue weighted by Crippen LogP contribution is -2.55. The van der Waals surface area contributed by atoms with Gasteiger partial charge in [0.1, 0.15) is 11.6 Å². The van der Waals surface area contributed by atoms with Gasteiger partial charge in [0.25, 0.3) is 0 Å². The van der Waals surface area contributed by atoms with Crippen LogP contribution in [0.2, 0.25) is 10.0 Å². The minimum absolute atomic E-state index is 0.110. The highest BCUT2D eigenvalue weighted by Crippen LogP contribution is 2.26. The number of halogens is 2. The molecule has 1 aliphatic carbocycles.